The molecule has 2 nitrogen and oxygen atoms in total. The van der Waals surface area contributed by atoms with Gasteiger partial charge >= 0.3 is 0 Å². The van der Waals surface area contributed by atoms with Crippen molar-refractivity contribution in [1.29, 1.82) is 0 Å². The highest BCUT2D eigenvalue weighted by molar-refractivity contribution is 7.26. The van der Waals surface area contributed by atoms with E-state index in [2.05, 4.69) is 237 Å². The Labute approximate surface area is 365 Å². The second kappa shape index (κ2) is 15.9. The van der Waals surface area contributed by atoms with E-state index < -0.39 is 0 Å². The molecule has 11 rings (SSSR count). The molecule has 1 unspecified atom stereocenters. The number of hydrogen-bond donors (Lipinski definition) is 0. The van der Waals surface area contributed by atoms with Crippen LogP contribution in [0.15, 0.2) is 223 Å². The van der Waals surface area contributed by atoms with Gasteiger partial charge in [0.1, 0.15) is 11.2 Å². The lowest BCUT2D eigenvalue weighted by atomic mass is 9.91. The molecule has 0 spiro atoms. The standard InChI is InChI=1S/C59H43NOS/c1-3-40(48-23-15-26-55-57(48)52-37-32-44-20-10-11-21-49(44)58(52)61-55)29-28-39(2)60(54-25-14-24-51-50-22-12-13-27-56(50)62-59(51)54)46-34-30-41(31-35-46)45-33-36-47(42-16-6-4-7-17-42)53(38-45)43-18-8-5-9-19-43/h3-39H,1-2H3/b29-28-,40-3+. The van der Waals surface area contributed by atoms with Crippen LogP contribution in [0.2, 0.25) is 0 Å². The normalized spacial score (nSPS) is 12.6. The zero-order chi connectivity index (χ0) is 41.6. The summed E-state index contributed by atoms with van der Waals surface area (Å²) in [5.41, 5.74) is 13.7. The Kier molecular flexibility index (Phi) is 9.60. The van der Waals surface area contributed by atoms with Gasteiger partial charge in [0.25, 0.3) is 0 Å². The van der Waals surface area contributed by atoms with E-state index in [4.69, 9.17) is 4.42 Å². The van der Waals surface area contributed by atoms with E-state index in [-0.39, 0.29) is 6.04 Å². The second-order valence-corrected chi connectivity index (χ2v) is 17.0. The minimum atomic E-state index is 0.00527. The van der Waals surface area contributed by atoms with Crippen molar-refractivity contribution in [2.75, 3.05) is 4.90 Å². The Morgan fingerprint density at radius 2 is 1.23 bits per heavy atom. The van der Waals surface area contributed by atoms with E-state index in [0.29, 0.717) is 0 Å². The van der Waals surface area contributed by atoms with E-state index in [0.717, 1.165) is 44.1 Å². The highest BCUT2D eigenvalue weighted by Crippen LogP contribution is 2.44. The fraction of sp³-hybridized carbons (Fsp3) is 0.0508. The Hall–Kier alpha value is -7.46. The fourth-order valence-corrected chi connectivity index (χ4v) is 10.5. The molecule has 0 aliphatic heterocycles. The van der Waals surface area contributed by atoms with Crippen LogP contribution in [0.5, 0.6) is 0 Å². The molecule has 2 aromatic heterocycles. The molecular formula is C59H43NOS. The molecule has 0 radical (unpaired) electrons. The third kappa shape index (κ3) is 6.59. The molecule has 1 atom stereocenters. The molecule has 0 bridgehead atoms. The first-order valence-electron chi connectivity index (χ1n) is 21.4. The summed E-state index contributed by atoms with van der Waals surface area (Å²) >= 11 is 1.87. The molecular weight excluding hydrogens is 771 g/mol. The minimum absolute atomic E-state index is 0.00527. The van der Waals surface area contributed by atoms with Gasteiger partial charge < -0.3 is 9.32 Å². The summed E-state index contributed by atoms with van der Waals surface area (Å²) in [5, 5.41) is 7.18. The summed E-state index contributed by atoms with van der Waals surface area (Å²) in [5.74, 6) is 0. The molecule has 0 aliphatic rings. The van der Waals surface area contributed by atoms with Crippen LogP contribution in [0.1, 0.15) is 19.4 Å². The molecule has 2 heterocycles. The largest absolute Gasteiger partial charge is 0.455 e. The van der Waals surface area contributed by atoms with Crippen molar-refractivity contribution in [2.45, 2.75) is 19.9 Å². The third-order valence-electron chi connectivity index (χ3n) is 12.3. The summed E-state index contributed by atoms with van der Waals surface area (Å²) in [6.07, 6.45) is 6.86. The number of nitrogens with zero attached hydrogens (tertiary/aromatic N) is 1. The Balaban J connectivity index is 0.999. The van der Waals surface area contributed by atoms with Crippen molar-refractivity contribution >= 4 is 81.2 Å². The highest BCUT2D eigenvalue weighted by Gasteiger charge is 2.21. The first kappa shape index (κ1) is 37.5. The lowest BCUT2D eigenvalue weighted by Crippen LogP contribution is -2.26. The van der Waals surface area contributed by atoms with E-state index >= 15 is 0 Å². The molecule has 0 fully saturated rings. The van der Waals surface area contributed by atoms with E-state index in [1.807, 2.05) is 11.3 Å². The van der Waals surface area contributed by atoms with Gasteiger partial charge in [-0.05, 0) is 106 Å². The van der Waals surface area contributed by atoms with Crippen molar-refractivity contribution in [1.82, 2.24) is 0 Å². The van der Waals surface area contributed by atoms with Crippen molar-refractivity contribution in [2.24, 2.45) is 0 Å². The molecule has 296 valence electrons. The van der Waals surface area contributed by atoms with Crippen LogP contribution in [0.4, 0.5) is 11.4 Å². The van der Waals surface area contributed by atoms with Gasteiger partial charge in [0, 0.05) is 43.4 Å². The highest BCUT2D eigenvalue weighted by atomic mass is 32.1. The maximum atomic E-state index is 6.58. The van der Waals surface area contributed by atoms with Gasteiger partial charge in [-0.1, -0.05) is 176 Å². The molecule has 0 saturated carbocycles. The Bertz CT molecular complexity index is 3480. The summed E-state index contributed by atoms with van der Waals surface area (Å²) in [7, 11) is 0. The van der Waals surface area contributed by atoms with Crippen LogP contribution in [-0.4, -0.2) is 6.04 Å². The Morgan fingerprint density at radius 1 is 0.548 bits per heavy atom. The second-order valence-electron chi connectivity index (χ2n) is 15.9. The SMILES string of the molecule is C/C=C(\C=C/C(C)N(c1ccc(-c2ccc(-c3ccccc3)c(-c3ccccc3)c2)cc1)c1cccc2c1sc1ccccc12)c1cccc2oc3c4ccccc4ccc3c12. The number of allylic oxidation sites excluding steroid dienone is 3. The average Bonchev–Trinajstić information content (AvgIpc) is 3.92. The van der Waals surface area contributed by atoms with Gasteiger partial charge in [-0.2, -0.15) is 0 Å². The van der Waals surface area contributed by atoms with Crippen molar-refractivity contribution in [3.8, 4) is 33.4 Å². The zero-order valence-electron chi connectivity index (χ0n) is 34.6. The molecule has 0 amide bonds. The van der Waals surface area contributed by atoms with Crippen molar-refractivity contribution in [3.63, 3.8) is 0 Å². The lowest BCUT2D eigenvalue weighted by molar-refractivity contribution is 0.672. The number of anilines is 2. The van der Waals surface area contributed by atoms with Gasteiger partial charge in [0.2, 0.25) is 0 Å². The predicted octanol–water partition coefficient (Wildman–Crippen LogP) is 17.3. The topological polar surface area (TPSA) is 16.4 Å². The van der Waals surface area contributed by atoms with Gasteiger partial charge in [-0.3, -0.25) is 0 Å². The third-order valence-corrected chi connectivity index (χ3v) is 13.5. The zero-order valence-corrected chi connectivity index (χ0v) is 35.4. The first-order valence-corrected chi connectivity index (χ1v) is 22.2. The molecule has 0 N–H and O–H groups in total. The minimum Gasteiger partial charge on any atom is -0.455 e. The predicted molar refractivity (Wildman–Crippen MR) is 268 cm³/mol. The quantitative estimate of drug-likeness (QED) is 0.135. The fourth-order valence-electron chi connectivity index (χ4n) is 9.24. The van der Waals surface area contributed by atoms with Crippen LogP contribution in [0, 0.1) is 0 Å². The van der Waals surface area contributed by atoms with Crippen LogP contribution in [0.3, 0.4) is 0 Å². The summed E-state index contributed by atoms with van der Waals surface area (Å²) in [6, 6.07) is 72.2. The Morgan fingerprint density at radius 3 is 2.02 bits per heavy atom. The first-order chi connectivity index (χ1) is 30.6. The molecule has 11 aromatic rings. The van der Waals surface area contributed by atoms with Crippen molar-refractivity contribution < 1.29 is 4.42 Å². The summed E-state index contributed by atoms with van der Waals surface area (Å²) in [6.45, 7) is 4.43. The van der Waals surface area contributed by atoms with Gasteiger partial charge in [0.05, 0.1) is 10.4 Å². The smallest absolute Gasteiger partial charge is 0.143 e. The monoisotopic (exact) mass is 813 g/mol. The van der Waals surface area contributed by atoms with E-state index in [1.54, 1.807) is 0 Å². The molecule has 0 saturated heterocycles. The van der Waals surface area contributed by atoms with Gasteiger partial charge in [0.15, 0.2) is 0 Å². The number of thiophene rings is 1. The molecule has 62 heavy (non-hydrogen) atoms. The van der Waals surface area contributed by atoms with Gasteiger partial charge in [-0.25, -0.2) is 0 Å². The van der Waals surface area contributed by atoms with E-state index in [9.17, 15) is 0 Å². The molecule has 0 aliphatic carbocycles. The average molecular weight is 814 g/mol. The summed E-state index contributed by atoms with van der Waals surface area (Å²) < 4.78 is 9.17. The number of fused-ring (bicyclic) bond motifs is 8. The number of furan rings is 1. The molecule has 9 aromatic carbocycles. The van der Waals surface area contributed by atoms with Crippen LogP contribution in [-0.2, 0) is 0 Å². The van der Waals surface area contributed by atoms with Crippen LogP contribution >= 0.6 is 11.3 Å². The lowest BCUT2D eigenvalue weighted by Gasteiger charge is -2.30. The van der Waals surface area contributed by atoms with E-state index in [1.165, 1.54) is 64.6 Å². The number of benzene rings is 9. The number of rotatable bonds is 9. The number of hydrogen-bond acceptors (Lipinski definition) is 3. The molecule has 3 heteroatoms. The van der Waals surface area contributed by atoms with Crippen LogP contribution in [0.25, 0.3) is 91.8 Å². The van der Waals surface area contributed by atoms with Crippen LogP contribution < -0.4 is 4.90 Å². The van der Waals surface area contributed by atoms with Gasteiger partial charge in [-0.15, -0.1) is 11.3 Å². The van der Waals surface area contributed by atoms with Crippen molar-refractivity contribution in [3.05, 3.63) is 224 Å². The maximum Gasteiger partial charge on any atom is 0.143 e. The summed E-state index contributed by atoms with van der Waals surface area (Å²) in [4.78, 5) is 2.50. The maximum absolute atomic E-state index is 6.58.